The minimum Gasteiger partial charge on any atom is -0.392 e. The van der Waals surface area contributed by atoms with Crippen LogP contribution in [0.25, 0.3) is 0 Å². The van der Waals surface area contributed by atoms with Gasteiger partial charge in [-0.3, -0.25) is 0 Å². The third-order valence-corrected chi connectivity index (χ3v) is 2.13. The van der Waals surface area contributed by atoms with Crippen molar-refractivity contribution in [3.05, 3.63) is 34.9 Å². The number of aliphatic hydroxyl groups excluding tert-OH is 1. The molecule has 0 aliphatic rings. The van der Waals surface area contributed by atoms with Crippen molar-refractivity contribution in [3.8, 4) is 0 Å². The highest BCUT2D eigenvalue weighted by Crippen LogP contribution is 2.11. The van der Waals surface area contributed by atoms with E-state index in [0.29, 0.717) is 19.8 Å². The van der Waals surface area contributed by atoms with Crippen LogP contribution in [-0.4, -0.2) is 11.7 Å². The minimum absolute atomic E-state index is 0.0106. The molecular weight excluding hydrogens is 206 g/mol. The Labute approximate surface area is 95.9 Å². The average molecular weight is 225 g/mol. The summed E-state index contributed by atoms with van der Waals surface area (Å²) in [5, 5.41) is 9.08. The van der Waals surface area contributed by atoms with Crippen LogP contribution < -0.4 is 5.73 Å². The zero-order valence-electron chi connectivity index (χ0n) is 9.61. The molecule has 4 nitrogen and oxygen atoms in total. The predicted molar refractivity (Wildman–Crippen MR) is 61.3 cm³/mol. The van der Waals surface area contributed by atoms with Crippen molar-refractivity contribution < 1.29 is 14.9 Å². The molecule has 3 N–H and O–H groups in total. The quantitative estimate of drug-likeness (QED) is 0.419. The van der Waals surface area contributed by atoms with Crippen LogP contribution in [0, 0.1) is 0 Å². The maximum Gasteiger partial charge on any atom is 0.107 e. The first kappa shape index (κ1) is 13.1. The molecule has 0 spiro atoms. The van der Waals surface area contributed by atoms with Gasteiger partial charge in [0.25, 0.3) is 0 Å². The Bertz CT molecular complexity index is 293. The largest absolute Gasteiger partial charge is 0.392 e. The van der Waals surface area contributed by atoms with E-state index >= 15 is 0 Å². The summed E-state index contributed by atoms with van der Waals surface area (Å²) in [6, 6.07) is 5.72. The molecule has 1 aromatic carbocycles. The zero-order valence-corrected chi connectivity index (χ0v) is 9.61. The highest BCUT2D eigenvalue weighted by atomic mass is 17.2. The average Bonchev–Trinajstić information content (AvgIpc) is 2.34. The first-order valence-corrected chi connectivity index (χ1v) is 5.47. The summed E-state index contributed by atoms with van der Waals surface area (Å²) in [4.78, 5) is 9.98. The molecule has 0 radical (unpaired) electrons. The third kappa shape index (κ3) is 4.28. The van der Waals surface area contributed by atoms with E-state index in [1.54, 1.807) is 0 Å². The lowest BCUT2D eigenvalue weighted by atomic mass is 10.1. The molecule has 0 heterocycles. The molecule has 0 aliphatic carbocycles. The lowest BCUT2D eigenvalue weighted by Gasteiger charge is -2.07. The van der Waals surface area contributed by atoms with Crippen molar-refractivity contribution in [2.45, 2.75) is 33.1 Å². The molecule has 0 unspecified atom stereocenters. The Balaban J connectivity index is 2.57. The topological polar surface area (TPSA) is 64.7 Å². The van der Waals surface area contributed by atoms with Gasteiger partial charge in [-0.05, 0) is 23.1 Å². The van der Waals surface area contributed by atoms with Gasteiger partial charge < -0.3 is 10.8 Å². The van der Waals surface area contributed by atoms with Gasteiger partial charge in [0, 0.05) is 6.54 Å². The molecule has 1 aromatic rings. The Morgan fingerprint density at radius 3 is 2.44 bits per heavy atom. The highest BCUT2D eigenvalue weighted by Gasteiger charge is 2.00. The molecule has 0 aliphatic heterocycles. The predicted octanol–water partition coefficient (Wildman–Crippen LogP) is 1.50. The summed E-state index contributed by atoms with van der Waals surface area (Å²) in [5.74, 6) is 0. The van der Waals surface area contributed by atoms with E-state index in [1.807, 2.05) is 25.1 Å². The van der Waals surface area contributed by atoms with Crippen LogP contribution in [0.3, 0.4) is 0 Å². The second kappa shape index (κ2) is 7.35. The SMILES string of the molecule is CCCOOCc1cc(CN)cc(CO)c1. The van der Waals surface area contributed by atoms with E-state index < -0.39 is 0 Å². The molecule has 90 valence electrons. The Hall–Kier alpha value is -0.940. The molecule has 4 heteroatoms. The van der Waals surface area contributed by atoms with Crippen LogP contribution in [0.4, 0.5) is 0 Å². The van der Waals surface area contributed by atoms with Gasteiger partial charge >= 0.3 is 0 Å². The summed E-state index contributed by atoms with van der Waals surface area (Å²) in [6.07, 6.45) is 0.921. The number of rotatable bonds is 7. The lowest BCUT2D eigenvalue weighted by Crippen LogP contribution is -2.02. The number of hydrogen-bond acceptors (Lipinski definition) is 4. The molecular formula is C12H19NO3. The number of nitrogens with two attached hydrogens (primary N) is 1. The molecule has 16 heavy (non-hydrogen) atoms. The lowest BCUT2D eigenvalue weighted by molar-refractivity contribution is -0.303. The molecule has 0 saturated heterocycles. The van der Waals surface area contributed by atoms with Gasteiger partial charge in [0.05, 0.1) is 13.2 Å². The van der Waals surface area contributed by atoms with Crippen molar-refractivity contribution >= 4 is 0 Å². The van der Waals surface area contributed by atoms with Crippen LogP contribution in [0.5, 0.6) is 0 Å². The van der Waals surface area contributed by atoms with E-state index in [4.69, 9.17) is 20.6 Å². The van der Waals surface area contributed by atoms with E-state index in [0.717, 1.165) is 23.1 Å². The minimum atomic E-state index is 0.0106. The van der Waals surface area contributed by atoms with Gasteiger partial charge in [-0.1, -0.05) is 25.1 Å². The summed E-state index contributed by atoms with van der Waals surface area (Å²) in [7, 11) is 0. The molecule has 0 fully saturated rings. The zero-order chi connectivity index (χ0) is 11.8. The van der Waals surface area contributed by atoms with Crippen LogP contribution in [0.2, 0.25) is 0 Å². The first-order valence-electron chi connectivity index (χ1n) is 5.47. The van der Waals surface area contributed by atoms with E-state index in [9.17, 15) is 0 Å². The van der Waals surface area contributed by atoms with Crippen LogP contribution in [0.15, 0.2) is 18.2 Å². The molecule has 0 atom stereocenters. The smallest absolute Gasteiger partial charge is 0.107 e. The van der Waals surface area contributed by atoms with Crippen molar-refractivity contribution in [1.29, 1.82) is 0 Å². The standard InChI is InChI=1S/C12H19NO3/c1-2-3-15-16-9-12-5-10(7-13)4-11(6-12)8-14/h4-6,14H,2-3,7-9,13H2,1H3. The van der Waals surface area contributed by atoms with E-state index in [-0.39, 0.29) is 6.61 Å². The molecule has 0 aromatic heterocycles. The summed E-state index contributed by atoms with van der Waals surface area (Å²) < 4.78 is 0. The van der Waals surface area contributed by atoms with Gasteiger partial charge in [0.2, 0.25) is 0 Å². The van der Waals surface area contributed by atoms with E-state index in [2.05, 4.69) is 0 Å². The highest BCUT2D eigenvalue weighted by molar-refractivity contribution is 5.29. The van der Waals surface area contributed by atoms with Gasteiger partial charge in [-0.25, -0.2) is 9.78 Å². The Morgan fingerprint density at radius 2 is 1.81 bits per heavy atom. The normalized spacial score (nSPS) is 10.7. The third-order valence-electron chi connectivity index (χ3n) is 2.13. The second-order valence-corrected chi connectivity index (χ2v) is 3.60. The van der Waals surface area contributed by atoms with Gasteiger partial charge in [-0.2, -0.15) is 0 Å². The van der Waals surface area contributed by atoms with Crippen molar-refractivity contribution in [2.24, 2.45) is 5.73 Å². The Morgan fingerprint density at radius 1 is 1.12 bits per heavy atom. The number of hydrogen-bond donors (Lipinski definition) is 2. The molecule has 0 amide bonds. The van der Waals surface area contributed by atoms with Crippen molar-refractivity contribution in [2.75, 3.05) is 6.61 Å². The van der Waals surface area contributed by atoms with Crippen LogP contribution >= 0.6 is 0 Å². The molecule has 0 bridgehead atoms. The fourth-order valence-corrected chi connectivity index (χ4v) is 1.38. The van der Waals surface area contributed by atoms with Crippen molar-refractivity contribution in [1.82, 2.24) is 0 Å². The maximum atomic E-state index is 9.08. The molecule has 1 rings (SSSR count). The van der Waals surface area contributed by atoms with Gasteiger partial charge in [0.1, 0.15) is 6.61 Å². The Kier molecular flexibility index (Phi) is 6.03. The number of benzene rings is 1. The summed E-state index contributed by atoms with van der Waals surface area (Å²) in [6.45, 7) is 3.44. The molecule has 0 saturated carbocycles. The fourth-order valence-electron chi connectivity index (χ4n) is 1.38. The monoisotopic (exact) mass is 225 g/mol. The van der Waals surface area contributed by atoms with Crippen molar-refractivity contribution in [3.63, 3.8) is 0 Å². The fraction of sp³-hybridized carbons (Fsp3) is 0.500. The van der Waals surface area contributed by atoms with Crippen LogP contribution in [0.1, 0.15) is 30.0 Å². The van der Waals surface area contributed by atoms with Gasteiger partial charge in [0.15, 0.2) is 0 Å². The first-order chi connectivity index (χ1) is 7.80. The van der Waals surface area contributed by atoms with Crippen LogP contribution in [-0.2, 0) is 29.5 Å². The second-order valence-electron chi connectivity index (χ2n) is 3.60. The summed E-state index contributed by atoms with van der Waals surface area (Å²) >= 11 is 0. The number of aliphatic hydroxyl groups is 1. The maximum absolute atomic E-state index is 9.08. The van der Waals surface area contributed by atoms with Gasteiger partial charge in [-0.15, -0.1) is 0 Å². The summed E-state index contributed by atoms with van der Waals surface area (Å²) in [5.41, 5.74) is 8.36. The van der Waals surface area contributed by atoms with E-state index in [1.165, 1.54) is 0 Å².